The molecule has 2 heterocycles. The standard InChI is InChI=1S/C13H19N5O/c1-3-6-14-12(19)4-7-15-13-16-11-9-10(2)5-8-18(11)17-13/h5,8-9H,3-4,6-7H2,1-2H3,(H,14,19)(H,15,17). The number of aryl methyl sites for hydroxylation is 1. The Kier molecular flexibility index (Phi) is 4.33. The zero-order chi connectivity index (χ0) is 13.7. The van der Waals surface area contributed by atoms with Gasteiger partial charge < -0.3 is 10.6 Å². The molecule has 6 nitrogen and oxygen atoms in total. The van der Waals surface area contributed by atoms with Crippen LogP contribution in [0.3, 0.4) is 0 Å². The second-order valence-corrected chi connectivity index (χ2v) is 4.47. The number of amides is 1. The van der Waals surface area contributed by atoms with Crippen LogP contribution in [0.15, 0.2) is 18.3 Å². The minimum Gasteiger partial charge on any atom is -0.356 e. The Morgan fingerprint density at radius 2 is 2.26 bits per heavy atom. The lowest BCUT2D eigenvalue weighted by atomic mass is 10.3. The van der Waals surface area contributed by atoms with E-state index >= 15 is 0 Å². The Morgan fingerprint density at radius 3 is 3.05 bits per heavy atom. The topological polar surface area (TPSA) is 71.3 Å². The highest BCUT2D eigenvalue weighted by molar-refractivity contribution is 5.76. The minimum absolute atomic E-state index is 0.0500. The largest absolute Gasteiger partial charge is 0.356 e. The van der Waals surface area contributed by atoms with Crippen molar-refractivity contribution in [2.75, 3.05) is 18.4 Å². The highest BCUT2D eigenvalue weighted by Gasteiger charge is 2.04. The molecule has 0 radical (unpaired) electrons. The van der Waals surface area contributed by atoms with Crippen molar-refractivity contribution in [2.45, 2.75) is 26.7 Å². The van der Waals surface area contributed by atoms with Crippen molar-refractivity contribution in [2.24, 2.45) is 0 Å². The second kappa shape index (κ2) is 6.17. The van der Waals surface area contributed by atoms with Gasteiger partial charge in [0.15, 0.2) is 5.65 Å². The van der Waals surface area contributed by atoms with Crippen LogP contribution in [0.5, 0.6) is 0 Å². The van der Waals surface area contributed by atoms with Crippen LogP contribution in [0, 0.1) is 6.92 Å². The maximum absolute atomic E-state index is 11.4. The SMILES string of the molecule is CCCNC(=O)CCNc1nc2cc(C)ccn2n1. The summed E-state index contributed by atoms with van der Waals surface area (Å²) in [6.07, 6.45) is 3.25. The fraction of sp³-hybridized carbons (Fsp3) is 0.462. The third-order valence-corrected chi connectivity index (χ3v) is 2.70. The zero-order valence-corrected chi connectivity index (χ0v) is 11.3. The Labute approximate surface area is 112 Å². The highest BCUT2D eigenvalue weighted by Crippen LogP contribution is 2.07. The van der Waals surface area contributed by atoms with Crippen molar-refractivity contribution < 1.29 is 4.79 Å². The molecule has 0 aliphatic heterocycles. The van der Waals surface area contributed by atoms with E-state index in [1.54, 1.807) is 4.52 Å². The molecule has 0 aliphatic rings. The summed E-state index contributed by atoms with van der Waals surface area (Å²) in [4.78, 5) is 15.8. The summed E-state index contributed by atoms with van der Waals surface area (Å²) >= 11 is 0. The van der Waals surface area contributed by atoms with Crippen molar-refractivity contribution in [3.63, 3.8) is 0 Å². The number of pyridine rings is 1. The Balaban J connectivity index is 1.86. The molecule has 2 N–H and O–H groups in total. The molecule has 0 atom stereocenters. The van der Waals surface area contributed by atoms with Crippen molar-refractivity contribution >= 4 is 17.5 Å². The van der Waals surface area contributed by atoms with Gasteiger partial charge in [-0.2, -0.15) is 4.98 Å². The van der Waals surface area contributed by atoms with Crippen molar-refractivity contribution in [3.05, 3.63) is 23.9 Å². The molecular weight excluding hydrogens is 242 g/mol. The molecule has 0 bridgehead atoms. The maximum atomic E-state index is 11.4. The van der Waals surface area contributed by atoms with Crippen LogP contribution in [-0.4, -0.2) is 33.6 Å². The molecule has 0 aliphatic carbocycles. The van der Waals surface area contributed by atoms with Gasteiger partial charge in [0.05, 0.1) is 0 Å². The van der Waals surface area contributed by atoms with E-state index in [9.17, 15) is 4.79 Å². The summed E-state index contributed by atoms with van der Waals surface area (Å²) in [6, 6.07) is 3.94. The fourth-order valence-corrected chi connectivity index (χ4v) is 1.70. The Bertz CT molecular complexity index is 563. The van der Waals surface area contributed by atoms with E-state index in [0.717, 1.165) is 24.2 Å². The third-order valence-electron chi connectivity index (χ3n) is 2.70. The number of carbonyl (C=O) groups is 1. The number of aromatic nitrogens is 3. The van der Waals surface area contributed by atoms with Gasteiger partial charge in [0.2, 0.25) is 11.9 Å². The van der Waals surface area contributed by atoms with Gasteiger partial charge in [0.25, 0.3) is 0 Å². The minimum atomic E-state index is 0.0500. The van der Waals surface area contributed by atoms with Gasteiger partial charge in [-0.1, -0.05) is 6.92 Å². The van der Waals surface area contributed by atoms with E-state index in [1.165, 1.54) is 0 Å². The summed E-state index contributed by atoms with van der Waals surface area (Å²) < 4.78 is 1.71. The van der Waals surface area contributed by atoms with Crippen molar-refractivity contribution in [1.29, 1.82) is 0 Å². The average Bonchev–Trinajstić information content (AvgIpc) is 2.78. The van der Waals surface area contributed by atoms with Crippen LogP contribution >= 0.6 is 0 Å². The second-order valence-electron chi connectivity index (χ2n) is 4.47. The first-order valence-corrected chi connectivity index (χ1v) is 6.52. The summed E-state index contributed by atoms with van der Waals surface area (Å²) in [6.45, 7) is 5.30. The van der Waals surface area contributed by atoms with Gasteiger partial charge in [-0.05, 0) is 31.0 Å². The van der Waals surface area contributed by atoms with Gasteiger partial charge in [-0.15, -0.1) is 5.10 Å². The lowest BCUT2D eigenvalue weighted by Gasteiger charge is -2.03. The number of anilines is 1. The summed E-state index contributed by atoms with van der Waals surface area (Å²) in [7, 11) is 0. The van der Waals surface area contributed by atoms with Crippen LogP contribution in [0.2, 0.25) is 0 Å². The van der Waals surface area contributed by atoms with Crippen molar-refractivity contribution in [1.82, 2.24) is 19.9 Å². The first-order chi connectivity index (χ1) is 9.19. The molecule has 2 rings (SSSR count). The van der Waals surface area contributed by atoms with Gasteiger partial charge in [-0.3, -0.25) is 4.79 Å². The number of nitrogens with one attached hydrogen (secondary N) is 2. The highest BCUT2D eigenvalue weighted by atomic mass is 16.1. The van der Waals surface area contributed by atoms with Gasteiger partial charge in [0, 0.05) is 25.7 Å². The van der Waals surface area contributed by atoms with Crippen LogP contribution in [-0.2, 0) is 4.79 Å². The number of rotatable bonds is 6. The zero-order valence-electron chi connectivity index (χ0n) is 11.3. The normalized spacial score (nSPS) is 10.6. The molecule has 0 fully saturated rings. The number of hydrogen-bond donors (Lipinski definition) is 2. The molecule has 0 unspecified atom stereocenters. The first-order valence-electron chi connectivity index (χ1n) is 6.52. The number of hydrogen-bond acceptors (Lipinski definition) is 4. The average molecular weight is 261 g/mol. The third kappa shape index (κ3) is 3.67. The van der Waals surface area contributed by atoms with E-state index in [1.807, 2.05) is 32.2 Å². The quantitative estimate of drug-likeness (QED) is 0.823. The van der Waals surface area contributed by atoms with Gasteiger partial charge in [0.1, 0.15) is 0 Å². The number of fused-ring (bicyclic) bond motifs is 1. The van der Waals surface area contributed by atoms with Crippen molar-refractivity contribution in [3.8, 4) is 0 Å². The van der Waals surface area contributed by atoms with Crippen LogP contribution < -0.4 is 10.6 Å². The molecule has 1 amide bonds. The lowest BCUT2D eigenvalue weighted by molar-refractivity contribution is -0.120. The van der Waals surface area contributed by atoms with E-state index in [2.05, 4.69) is 20.7 Å². The molecule has 2 aromatic heterocycles. The molecular formula is C13H19N5O. The van der Waals surface area contributed by atoms with Crippen LogP contribution in [0.25, 0.3) is 5.65 Å². The van der Waals surface area contributed by atoms with E-state index in [-0.39, 0.29) is 5.91 Å². The monoisotopic (exact) mass is 261 g/mol. The Hall–Kier alpha value is -2.11. The molecule has 0 aromatic carbocycles. The molecule has 102 valence electrons. The Morgan fingerprint density at radius 1 is 1.42 bits per heavy atom. The number of carbonyl (C=O) groups excluding carboxylic acids is 1. The maximum Gasteiger partial charge on any atom is 0.243 e. The first kappa shape index (κ1) is 13.3. The lowest BCUT2D eigenvalue weighted by Crippen LogP contribution is -2.26. The smallest absolute Gasteiger partial charge is 0.243 e. The summed E-state index contributed by atoms with van der Waals surface area (Å²) in [5, 5.41) is 10.2. The predicted octanol–water partition coefficient (Wildman–Crippen LogP) is 1.37. The van der Waals surface area contributed by atoms with Gasteiger partial charge in [-0.25, -0.2) is 4.52 Å². The van der Waals surface area contributed by atoms with E-state index in [0.29, 0.717) is 18.9 Å². The molecule has 2 aromatic rings. The predicted molar refractivity (Wildman–Crippen MR) is 74.1 cm³/mol. The molecule has 6 heteroatoms. The van der Waals surface area contributed by atoms with E-state index in [4.69, 9.17) is 0 Å². The summed E-state index contributed by atoms with van der Waals surface area (Å²) in [5.41, 5.74) is 1.95. The summed E-state index contributed by atoms with van der Waals surface area (Å²) in [5.74, 6) is 0.600. The van der Waals surface area contributed by atoms with Crippen LogP contribution in [0.1, 0.15) is 25.3 Å². The van der Waals surface area contributed by atoms with Gasteiger partial charge >= 0.3 is 0 Å². The molecule has 0 spiro atoms. The van der Waals surface area contributed by atoms with Crippen LogP contribution in [0.4, 0.5) is 5.95 Å². The molecule has 19 heavy (non-hydrogen) atoms. The molecule has 0 saturated carbocycles. The molecule has 0 saturated heterocycles. The number of nitrogens with zero attached hydrogens (tertiary/aromatic N) is 3. The van der Waals surface area contributed by atoms with E-state index < -0.39 is 0 Å². The fourth-order valence-electron chi connectivity index (χ4n) is 1.70.